The molecule has 2 N–H and O–H groups in total. The monoisotopic (exact) mass is 446 g/mol. The van der Waals surface area contributed by atoms with Crippen LogP contribution in [0.1, 0.15) is 22.8 Å². The number of nitrogens with zero attached hydrogens (tertiary/aromatic N) is 1. The van der Waals surface area contributed by atoms with Gasteiger partial charge in [-0.3, -0.25) is 14.5 Å². The van der Waals surface area contributed by atoms with Gasteiger partial charge in [0.2, 0.25) is 5.91 Å². The Labute approximate surface area is 181 Å². The fourth-order valence-electron chi connectivity index (χ4n) is 2.58. The van der Waals surface area contributed by atoms with Gasteiger partial charge in [0.15, 0.2) is 0 Å². The molecular weight excluding hydrogens is 432 g/mol. The lowest BCUT2D eigenvalue weighted by atomic mass is 10.2. The second-order valence-corrected chi connectivity index (χ2v) is 8.26. The zero-order valence-corrected chi connectivity index (χ0v) is 17.5. The number of hydrogen-bond acceptors (Lipinski definition) is 5. The van der Waals surface area contributed by atoms with Crippen molar-refractivity contribution in [2.75, 3.05) is 5.32 Å². The Kier molecular flexibility index (Phi) is 6.36. The van der Waals surface area contributed by atoms with E-state index in [0.29, 0.717) is 19.9 Å². The first kappa shape index (κ1) is 21.0. The first-order valence-corrected chi connectivity index (χ1v) is 10.0. The van der Waals surface area contributed by atoms with E-state index < -0.39 is 17.9 Å². The molecule has 0 saturated carbocycles. The van der Waals surface area contributed by atoms with Gasteiger partial charge in [0.05, 0.1) is 10.5 Å². The normalized spacial score (nSPS) is 16.2. The zero-order valence-electron chi connectivity index (χ0n) is 15.1. The van der Waals surface area contributed by atoms with Gasteiger partial charge in [-0.05, 0) is 55.0 Å². The number of aromatic carboxylic acids is 1. The lowest BCUT2D eigenvalue weighted by Crippen LogP contribution is -2.44. The van der Waals surface area contributed by atoms with Crippen molar-refractivity contribution in [3.05, 3.63) is 69.6 Å². The number of anilines is 1. The SMILES string of the molecule is CC(C(=O)Nc1ccc(C(=O)O)cc1)N1C(=O)/C(=C/c2ccc(Cl)cc2)SC1=S. The predicted octanol–water partition coefficient (Wildman–Crippen LogP) is 4.27. The van der Waals surface area contributed by atoms with Gasteiger partial charge in [-0.15, -0.1) is 0 Å². The summed E-state index contributed by atoms with van der Waals surface area (Å²) in [5.74, 6) is -1.84. The Morgan fingerprint density at radius 2 is 1.79 bits per heavy atom. The van der Waals surface area contributed by atoms with Gasteiger partial charge in [0.1, 0.15) is 10.4 Å². The molecule has 1 unspecified atom stereocenters. The summed E-state index contributed by atoms with van der Waals surface area (Å²) < 4.78 is 0.291. The summed E-state index contributed by atoms with van der Waals surface area (Å²) in [5.41, 5.74) is 1.33. The van der Waals surface area contributed by atoms with E-state index in [9.17, 15) is 14.4 Å². The van der Waals surface area contributed by atoms with Crippen molar-refractivity contribution >= 4 is 69.4 Å². The van der Waals surface area contributed by atoms with Crippen LogP contribution in [0.3, 0.4) is 0 Å². The molecule has 148 valence electrons. The summed E-state index contributed by atoms with van der Waals surface area (Å²) in [6.07, 6.45) is 1.70. The van der Waals surface area contributed by atoms with Crippen LogP contribution in [0.5, 0.6) is 0 Å². The van der Waals surface area contributed by atoms with Crippen LogP contribution in [-0.2, 0) is 9.59 Å². The van der Waals surface area contributed by atoms with Gasteiger partial charge in [-0.1, -0.05) is 47.7 Å². The molecule has 2 aromatic carbocycles. The number of halogens is 1. The summed E-state index contributed by atoms with van der Waals surface area (Å²) in [6.45, 7) is 1.58. The Morgan fingerprint density at radius 3 is 2.38 bits per heavy atom. The number of carbonyl (C=O) groups is 3. The maximum Gasteiger partial charge on any atom is 0.335 e. The molecule has 1 aliphatic heterocycles. The molecule has 0 bridgehead atoms. The first-order chi connectivity index (χ1) is 13.8. The highest BCUT2D eigenvalue weighted by Crippen LogP contribution is 2.34. The van der Waals surface area contributed by atoms with Crippen molar-refractivity contribution in [3.63, 3.8) is 0 Å². The Balaban J connectivity index is 1.72. The summed E-state index contributed by atoms with van der Waals surface area (Å²) in [5, 5.41) is 12.2. The minimum absolute atomic E-state index is 0.111. The molecule has 0 aromatic heterocycles. The topological polar surface area (TPSA) is 86.7 Å². The molecule has 0 radical (unpaired) electrons. The number of carboxylic acids is 1. The van der Waals surface area contributed by atoms with Gasteiger partial charge in [-0.25, -0.2) is 4.79 Å². The Morgan fingerprint density at radius 1 is 1.17 bits per heavy atom. The number of carbonyl (C=O) groups excluding carboxylic acids is 2. The minimum atomic E-state index is -1.05. The number of carboxylic acid groups (broad SMARTS) is 1. The zero-order chi connectivity index (χ0) is 21.1. The molecule has 29 heavy (non-hydrogen) atoms. The molecule has 1 fully saturated rings. The smallest absolute Gasteiger partial charge is 0.335 e. The molecule has 1 atom stereocenters. The Bertz CT molecular complexity index is 1020. The molecule has 0 aliphatic carbocycles. The van der Waals surface area contributed by atoms with Crippen molar-refractivity contribution < 1.29 is 19.5 Å². The van der Waals surface area contributed by atoms with Crippen LogP contribution in [0, 0.1) is 0 Å². The third kappa shape index (κ3) is 4.84. The third-order valence-corrected chi connectivity index (χ3v) is 5.74. The van der Waals surface area contributed by atoms with E-state index in [0.717, 1.165) is 17.3 Å². The van der Waals surface area contributed by atoms with E-state index in [1.807, 2.05) is 0 Å². The van der Waals surface area contributed by atoms with Gasteiger partial charge >= 0.3 is 5.97 Å². The number of thioether (sulfide) groups is 1. The second kappa shape index (κ2) is 8.77. The minimum Gasteiger partial charge on any atom is -0.478 e. The Hall–Kier alpha value is -2.68. The lowest BCUT2D eigenvalue weighted by molar-refractivity contribution is -0.129. The number of thiocarbonyl (C=S) groups is 1. The van der Waals surface area contributed by atoms with Gasteiger partial charge in [-0.2, -0.15) is 0 Å². The fraction of sp³-hybridized carbons (Fsp3) is 0.100. The fourth-order valence-corrected chi connectivity index (χ4v) is 4.13. The molecule has 1 heterocycles. The van der Waals surface area contributed by atoms with Crippen LogP contribution in [0.4, 0.5) is 5.69 Å². The van der Waals surface area contributed by atoms with Crippen LogP contribution in [0.15, 0.2) is 53.4 Å². The van der Waals surface area contributed by atoms with E-state index in [4.69, 9.17) is 28.9 Å². The maximum atomic E-state index is 12.8. The summed E-state index contributed by atoms with van der Waals surface area (Å²) in [7, 11) is 0. The highest BCUT2D eigenvalue weighted by molar-refractivity contribution is 8.26. The molecule has 0 spiro atoms. The number of nitrogens with one attached hydrogen (secondary N) is 1. The van der Waals surface area contributed by atoms with Crippen LogP contribution in [-0.4, -0.2) is 38.2 Å². The average molecular weight is 447 g/mol. The standard InChI is InChI=1S/C20H15ClN2O4S2/c1-11(17(24)22-15-8-4-13(5-9-15)19(26)27)23-18(25)16(29-20(23)28)10-12-2-6-14(21)7-3-12/h2-11H,1H3,(H,22,24)(H,26,27)/b16-10-. The molecule has 1 aliphatic rings. The van der Waals surface area contributed by atoms with Crippen molar-refractivity contribution in [2.45, 2.75) is 13.0 Å². The molecule has 9 heteroatoms. The van der Waals surface area contributed by atoms with Gasteiger partial charge < -0.3 is 10.4 Å². The predicted molar refractivity (Wildman–Crippen MR) is 118 cm³/mol. The van der Waals surface area contributed by atoms with Crippen LogP contribution in [0.2, 0.25) is 5.02 Å². The van der Waals surface area contributed by atoms with Gasteiger partial charge in [0, 0.05) is 10.7 Å². The van der Waals surface area contributed by atoms with Crippen LogP contribution in [0.25, 0.3) is 6.08 Å². The highest BCUT2D eigenvalue weighted by Gasteiger charge is 2.38. The highest BCUT2D eigenvalue weighted by atomic mass is 35.5. The van der Waals surface area contributed by atoms with E-state index in [-0.39, 0.29) is 11.5 Å². The number of rotatable bonds is 5. The summed E-state index contributed by atoms with van der Waals surface area (Å²) in [4.78, 5) is 38.0. The molecule has 2 aromatic rings. The van der Waals surface area contributed by atoms with E-state index in [2.05, 4.69) is 5.32 Å². The molecule has 6 nitrogen and oxygen atoms in total. The molecule has 1 saturated heterocycles. The van der Waals surface area contributed by atoms with Crippen molar-refractivity contribution in [3.8, 4) is 0 Å². The number of amides is 2. The van der Waals surface area contributed by atoms with E-state index in [1.165, 1.54) is 29.2 Å². The molecule has 2 amide bonds. The summed E-state index contributed by atoms with van der Waals surface area (Å²) in [6, 6.07) is 11.9. The van der Waals surface area contributed by atoms with Crippen molar-refractivity contribution in [1.82, 2.24) is 4.90 Å². The van der Waals surface area contributed by atoms with Gasteiger partial charge in [0.25, 0.3) is 5.91 Å². The van der Waals surface area contributed by atoms with Crippen LogP contribution < -0.4 is 5.32 Å². The quantitative estimate of drug-likeness (QED) is 0.527. The van der Waals surface area contributed by atoms with Crippen LogP contribution >= 0.6 is 35.6 Å². The molecular formula is C20H15ClN2O4S2. The maximum absolute atomic E-state index is 12.8. The van der Waals surface area contributed by atoms with E-state index >= 15 is 0 Å². The average Bonchev–Trinajstić information content (AvgIpc) is 2.96. The largest absolute Gasteiger partial charge is 0.478 e. The lowest BCUT2D eigenvalue weighted by Gasteiger charge is -2.22. The van der Waals surface area contributed by atoms with Crippen molar-refractivity contribution in [2.24, 2.45) is 0 Å². The third-order valence-electron chi connectivity index (χ3n) is 4.16. The van der Waals surface area contributed by atoms with Crippen molar-refractivity contribution in [1.29, 1.82) is 0 Å². The number of benzene rings is 2. The molecule has 3 rings (SSSR count). The summed E-state index contributed by atoms with van der Waals surface area (Å²) >= 11 is 12.3. The number of hydrogen-bond donors (Lipinski definition) is 2. The van der Waals surface area contributed by atoms with E-state index in [1.54, 1.807) is 37.3 Å². The second-order valence-electron chi connectivity index (χ2n) is 6.15. The first-order valence-electron chi connectivity index (χ1n) is 8.43.